The quantitative estimate of drug-likeness (QED) is 0.703. The molecule has 1 aromatic heterocycles. The summed E-state index contributed by atoms with van der Waals surface area (Å²) in [7, 11) is 3.35. The van der Waals surface area contributed by atoms with Gasteiger partial charge >= 0.3 is 5.97 Å². The predicted octanol–water partition coefficient (Wildman–Crippen LogP) is -0.147. The molecule has 0 radical (unpaired) electrons. The number of aromatic nitrogens is 2. The minimum Gasteiger partial charge on any atom is -0.481 e. The fourth-order valence-electron chi connectivity index (χ4n) is 1.18. The maximum Gasteiger partial charge on any atom is 0.312 e. The first kappa shape index (κ1) is 11.2. The van der Waals surface area contributed by atoms with Crippen molar-refractivity contribution in [3.63, 3.8) is 0 Å². The first-order chi connectivity index (χ1) is 6.99. The standard InChI is InChI=1S/C9H13N3O3/c1-11(8(13)3-9(14)15)5-7-4-10-12(2)6-7/h4,6H,3,5H2,1-2H3,(H,14,15). The largest absolute Gasteiger partial charge is 0.481 e. The van der Waals surface area contributed by atoms with Gasteiger partial charge in [-0.2, -0.15) is 5.10 Å². The topological polar surface area (TPSA) is 75.4 Å². The van der Waals surface area contributed by atoms with E-state index in [-0.39, 0.29) is 0 Å². The second-order valence-corrected chi connectivity index (χ2v) is 3.34. The Hall–Kier alpha value is -1.85. The van der Waals surface area contributed by atoms with Crippen LogP contribution in [0, 0.1) is 0 Å². The van der Waals surface area contributed by atoms with Crippen LogP contribution in [0.15, 0.2) is 12.4 Å². The Kier molecular flexibility index (Phi) is 3.43. The highest BCUT2D eigenvalue weighted by Gasteiger charge is 2.13. The second kappa shape index (κ2) is 4.59. The van der Waals surface area contributed by atoms with Crippen LogP contribution in [0.3, 0.4) is 0 Å². The van der Waals surface area contributed by atoms with Gasteiger partial charge in [-0.3, -0.25) is 14.3 Å². The van der Waals surface area contributed by atoms with Crippen molar-refractivity contribution in [2.45, 2.75) is 13.0 Å². The van der Waals surface area contributed by atoms with Crippen LogP contribution in [0.2, 0.25) is 0 Å². The number of hydrogen-bond acceptors (Lipinski definition) is 3. The van der Waals surface area contributed by atoms with Crippen molar-refractivity contribution < 1.29 is 14.7 Å². The number of amides is 1. The van der Waals surface area contributed by atoms with Gasteiger partial charge in [0.05, 0.1) is 6.20 Å². The van der Waals surface area contributed by atoms with Crippen LogP contribution in [0.5, 0.6) is 0 Å². The van der Waals surface area contributed by atoms with Gasteiger partial charge in [-0.1, -0.05) is 0 Å². The molecule has 1 rings (SSSR count). The number of rotatable bonds is 4. The van der Waals surface area contributed by atoms with E-state index in [0.717, 1.165) is 5.56 Å². The van der Waals surface area contributed by atoms with E-state index < -0.39 is 18.3 Å². The van der Waals surface area contributed by atoms with E-state index in [1.54, 1.807) is 31.2 Å². The Morgan fingerprint density at radius 2 is 2.27 bits per heavy atom. The van der Waals surface area contributed by atoms with Crippen molar-refractivity contribution in [2.75, 3.05) is 7.05 Å². The lowest BCUT2D eigenvalue weighted by Crippen LogP contribution is -2.27. The van der Waals surface area contributed by atoms with Crippen molar-refractivity contribution in [3.8, 4) is 0 Å². The van der Waals surface area contributed by atoms with Gasteiger partial charge in [0.1, 0.15) is 6.42 Å². The maximum absolute atomic E-state index is 11.3. The normalized spacial score (nSPS) is 10.0. The molecular formula is C9H13N3O3. The third kappa shape index (κ3) is 3.41. The Labute approximate surface area is 87.1 Å². The molecule has 0 aliphatic heterocycles. The number of carboxylic acids is 1. The third-order valence-corrected chi connectivity index (χ3v) is 1.91. The monoisotopic (exact) mass is 211 g/mol. The molecule has 1 heterocycles. The Balaban J connectivity index is 2.51. The minimum atomic E-state index is -1.11. The number of carbonyl (C=O) groups is 2. The molecule has 0 aliphatic carbocycles. The number of aliphatic carboxylic acids is 1. The van der Waals surface area contributed by atoms with E-state index in [9.17, 15) is 9.59 Å². The lowest BCUT2D eigenvalue weighted by atomic mass is 10.3. The molecule has 1 amide bonds. The third-order valence-electron chi connectivity index (χ3n) is 1.91. The van der Waals surface area contributed by atoms with Crippen LogP contribution >= 0.6 is 0 Å². The van der Waals surface area contributed by atoms with Crippen molar-refractivity contribution in [3.05, 3.63) is 18.0 Å². The molecule has 0 aromatic carbocycles. The van der Waals surface area contributed by atoms with E-state index in [2.05, 4.69) is 5.10 Å². The van der Waals surface area contributed by atoms with E-state index in [0.29, 0.717) is 6.54 Å². The molecule has 1 aromatic rings. The van der Waals surface area contributed by atoms with Crippen molar-refractivity contribution in [1.29, 1.82) is 0 Å². The number of carboxylic acid groups (broad SMARTS) is 1. The summed E-state index contributed by atoms with van der Waals surface area (Å²) in [5, 5.41) is 12.4. The molecule has 6 heteroatoms. The van der Waals surface area contributed by atoms with Crippen LogP contribution < -0.4 is 0 Å². The lowest BCUT2D eigenvalue weighted by molar-refractivity contribution is -0.143. The summed E-state index contributed by atoms with van der Waals surface area (Å²) in [5.41, 5.74) is 0.874. The summed E-state index contributed by atoms with van der Waals surface area (Å²) < 4.78 is 1.63. The van der Waals surface area contributed by atoms with Crippen LogP contribution in [-0.2, 0) is 23.2 Å². The SMILES string of the molecule is CN(Cc1cnn(C)c1)C(=O)CC(=O)O. The first-order valence-corrected chi connectivity index (χ1v) is 4.42. The zero-order valence-corrected chi connectivity index (χ0v) is 8.67. The summed E-state index contributed by atoms with van der Waals surface area (Å²) in [6.07, 6.45) is 2.95. The average molecular weight is 211 g/mol. The molecule has 0 spiro atoms. The van der Waals surface area contributed by atoms with Gasteiger partial charge in [-0.05, 0) is 0 Å². The number of hydrogen-bond donors (Lipinski definition) is 1. The minimum absolute atomic E-state index is 0.375. The molecular weight excluding hydrogens is 198 g/mol. The highest BCUT2D eigenvalue weighted by Crippen LogP contribution is 2.02. The summed E-state index contributed by atoms with van der Waals surface area (Å²) >= 11 is 0. The second-order valence-electron chi connectivity index (χ2n) is 3.34. The molecule has 0 fully saturated rings. The van der Waals surface area contributed by atoms with Gasteiger partial charge in [0.25, 0.3) is 0 Å². The number of aryl methyl sites for hydroxylation is 1. The van der Waals surface area contributed by atoms with Gasteiger partial charge in [0.15, 0.2) is 0 Å². The van der Waals surface area contributed by atoms with Crippen LogP contribution in [0.25, 0.3) is 0 Å². The van der Waals surface area contributed by atoms with Gasteiger partial charge in [-0.15, -0.1) is 0 Å². The van der Waals surface area contributed by atoms with Crippen LogP contribution in [-0.4, -0.2) is 38.7 Å². The highest BCUT2D eigenvalue weighted by atomic mass is 16.4. The predicted molar refractivity (Wildman–Crippen MR) is 51.9 cm³/mol. The fraction of sp³-hybridized carbons (Fsp3) is 0.444. The zero-order valence-electron chi connectivity index (χ0n) is 8.67. The maximum atomic E-state index is 11.3. The summed E-state index contributed by atoms with van der Waals surface area (Å²) in [4.78, 5) is 23.0. The Morgan fingerprint density at radius 1 is 1.60 bits per heavy atom. The van der Waals surface area contributed by atoms with Crippen molar-refractivity contribution in [1.82, 2.24) is 14.7 Å². The Morgan fingerprint density at radius 3 is 2.73 bits per heavy atom. The molecule has 82 valence electrons. The first-order valence-electron chi connectivity index (χ1n) is 4.42. The van der Waals surface area contributed by atoms with Gasteiger partial charge in [-0.25, -0.2) is 0 Å². The molecule has 0 bridgehead atoms. The summed E-state index contributed by atoms with van der Waals surface area (Å²) in [6, 6.07) is 0. The molecule has 0 unspecified atom stereocenters. The van der Waals surface area contributed by atoms with E-state index in [1.165, 1.54) is 4.90 Å². The summed E-state index contributed by atoms with van der Waals surface area (Å²) in [6.45, 7) is 0.375. The van der Waals surface area contributed by atoms with Gasteiger partial charge in [0.2, 0.25) is 5.91 Å². The van der Waals surface area contributed by atoms with Gasteiger partial charge < -0.3 is 10.0 Å². The average Bonchev–Trinajstić information content (AvgIpc) is 2.50. The molecule has 1 N–H and O–H groups in total. The fourth-order valence-corrected chi connectivity index (χ4v) is 1.18. The van der Waals surface area contributed by atoms with E-state index in [4.69, 9.17) is 5.11 Å². The smallest absolute Gasteiger partial charge is 0.312 e. The molecule has 15 heavy (non-hydrogen) atoms. The summed E-state index contributed by atoms with van der Waals surface area (Å²) in [5.74, 6) is -1.52. The van der Waals surface area contributed by atoms with Crippen LogP contribution in [0.1, 0.15) is 12.0 Å². The van der Waals surface area contributed by atoms with Gasteiger partial charge in [0, 0.05) is 32.4 Å². The highest BCUT2D eigenvalue weighted by molar-refractivity contribution is 5.93. The lowest BCUT2D eigenvalue weighted by Gasteiger charge is -2.14. The van der Waals surface area contributed by atoms with E-state index >= 15 is 0 Å². The van der Waals surface area contributed by atoms with Crippen LogP contribution in [0.4, 0.5) is 0 Å². The number of nitrogens with zero attached hydrogens (tertiary/aromatic N) is 3. The molecule has 0 saturated carbocycles. The zero-order chi connectivity index (χ0) is 11.4. The molecule has 0 atom stereocenters. The molecule has 0 saturated heterocycles. The van der Waals surface area contributed by atoms with Crippen molar-refractivity contribution >= 4 is 11.9 Å². The molecule has 0 aliphatic rings. The number of carbonyl (C=O) groups excluding carboxylic acids is 1. The molecule has 6 nitrogen and oxygen atoms in total. The Bertz CT molecular complexity index is 372. The van der Waals surface area contributed by atoms with E-state index in [1.807, 2.05) is 0 Å². The van der Waals surface area contributed by atoms with Crippen molar-refractivity contribution in [2.24, 2.45) is 7.05 Å².